The van der Waals surface area contributed by atoms with E-state index >= 15 is 0 Å². The van der Waals surface area contributed by atoms with Gasteiger partial charge >= 0.3 is 0 Å². The lowest BCUT2D eigenvalue weighted by molar-refractivity contribution is 0.661. The third-order valence-corrected chi connectivity index (χ3v) is 13.2. The molecule has 0 atom stereocenters. The summed E-state index contributed by atoms with van der Waals surface area (Å²) in [6.45, 7) is 0. The van der Waals surface area contributed by atoms with Crippen molar-refractivity contribution in [2.45, 2.75) is 0 Å². The second-order valence-electron chi connectivity index (χ2n) is 16.1. The Balaban J connectivity index is 1.17. The van der Waals surface area contributed by atoms with Gasteiger partial charge in [0.2, 0.25) is 5.95 Å². The number of para-hydroxylation sites is 4. The summed E-state index contributed by atoms with van der Waals surface area (Å²) in [6.07, 6.45) is 0. The first-order valence-electron chi connectivity index (χ1n) is 20.4. The molecule has 15 aromatic rings. The minimum absolute atomic E-state index is 0.593. The molecule has 276 valence electrons. The second-order valence-corrected chi connectivity index (χ2v) is 16.1. The maximum absolute atomic E-state index is 6.87. The van der Waals surface area contributed by atoms with Gasteiger partial charge in [0.1, 0.15) is 11.1 Å². The smallest absolute Gasteiger partial charge is 0.237 e. The quantitative estimate of drug-likeness (QED) is 0.176. The van der Waals surface area contributed by atoms with Crippen molar-refractivity contribution in [1.82, 2.24) is 23.5 Å². The molecule has 6 heteroatoms. The molecule has 0 aliphatic carbocycles. The van der Waals surface area contributed by atoms with Crippen LogP contribution in [0.15, 0.2) is 180 Å². The fourth-order valence-electron chi connectivity index (χ4n) is 10.8. The lowest BCUT2D eigenvalue weighted by atomic mass is 9.98. The van der Waals surface area contributed by atoms with Crippen molar-refractivity contribution in [3.8, 4) is 11.8 Å². The van der Waals surface area contributed by atoms with E-state index in [0.717, 1.165) is 49.3 Å². The number of aromatic nitrogens is 5. The summed E-state index contributed by atoms with van der Waals surface area (Å²) in [5.41, 5.74) is 10.1. The number of nitrogens with zero attached hydrogens (tertiary/aromatic N) is 5. The molecule has 0 N–H and O–H groups in total. The van der Waals surface area contributed by atoms with Crippen molar-refractivity contribution in [2.24, 2.45) is 0 Å². The van der Waals surface area contributed by atoms with Crippen molar-refractivity contribution in [2.75, 3.05) is 0 Å². The van der Waals surface area contributed by atoms with Crippen LogP contribution < -0.4 is 0 Å². The molecule has 0 saturated carbocycles. The Morgan fingerprint density at radius 1 is 0.367 bits per heavy atom. The van der Waals surface area contributed by atoms with Gasteiger partial charge in [-0.15, -0.1) is 0 Å². The van der Waals surface area contributed by atoms with Gasteiger partial charge < -0.3 is 8.82 Å². The Labute approximate surface area is 339 Å². The molecule has 0 radical (unpaired) electrons. The van der Waals surface area contributed by atoms with Crippen molar-refractivity contribution in [3.05, 3.63) is 176 Å². The van der Waals surface area contributed by atoms with Crippen LogP contribution in [0.2, 0.25) is 0 Å². The predicted molar refractivity (Wildman–Crippen MR) is 248 cm³/mol. The van der Waals surface area contributed by atoms with E-state index in [2.05, 4.69) is 177 Å². The number of rotatable bonds is 2. The van der Waals surface area contributed by atoms with E-state index in [1.807, 2.05) is 12.1 Å². The highest BCUT2D eigenvalue weighted by Gasteiger charge is 2.28. The molecule has 0 fully saturated rings. The standard InChI is InChI=1S/C54H29N5O/c1-3-15-32-30(13-1)25-27-42-46(32)35-18-6-11-23-41(35)59(42)54-55-50-37-20-8-12-24-45(37)60-52(50)53(56-54)58-40-22-10-7-19-36(40)48-44(58)29-38-34-17-5-9-21-39(34)57-43-28-26-31-14-2-4-16-33(31)47(43)49(48)51(38)57/h1-29H. The summed E-state index contributed by atoms with van der Waals surface area (Å²) in [5.74, 6) is 1.30. The summed E-state index contributed by atoms with van der Waals surface area (Å²) in [6, 6.07) is 63.2. The van der Waals surface area contributed by atoms with Crippen LogP contribution in [0.4, 0.5) is 0 Å². The molecule has 0 aliphatic heterocycles. The average molecular weight is 764 g/mol. The number of hydrogen-bond donors (Lipinski definition) is 0. The molecule has 0 bridgehead atoms. The molecule has 15 rings (SSSR count). The van der Waals surface area contributed by atoms with Crippen LogP contribution >= 0.6 is 0 Å². The van der Waals surface area contributed by atoms with Gasteiger partial charge in [0.15, 0.2) is 11.4 Å². The number of benzene rings is 9. The van der Waals surface area contributed by atoms with Gasteiger partial charge in [-0.25, -0.2) is 4.98 Å². The van der Waals surface area contributed by atoms with E-state index in [1.54, 1.807) is 0 Å². The zero-order valence-corrected chi connectivity index (χ0v) is 31.9. The Morgan fingerprint density at radius 3 is 1.70 bits per heavy atom. The lowest BCUT2D eigenvalue weighted by Gasteiger charge is -2.12. The fraction of sp³-hybridized carbons (Fsp3) is 0. The van der Waals surface area contributed by atoms with Crippen LogP contribution in [0.1, 0.15) is 0 Å². The molecule has 0 spiro atoms. The monoisotopic (exact) mass is 763 g/mol. The van der Waals surface area contributed by atoms with E-state index in [0.29, 0.717) is 17.3 Å². The van der Waals surface area contributed by atoms with Crippen LogP contribution in [0.3, 0.4) is 0 Å². The topological polar surface area (TPSA) is 53.2 Å². The molecule has 0 saturated heterocycles. The molecular weight excluding hydrogens is 735 g/mol. The summed E-state index contributed by atoms with van der Waals surface area (Å²) >= 11 is 0. The van der Waals surface area contributed by atoms with Crippen LogP contribution in [-0.4, -0.2) is 23.5 Å². The largest absolute Gasteiger partial charge is 0.450 e. The number of hydrogen-bond acceptors (Lipinski definition) is 3. The molecular formula is C54H29N5O. The normalized spacial score (nSPS) is 12.7. The van der Waals surface area contributed by atoms with E-state index in [-0.39, 0.29) is 0 Å². The Morgan fingerprint density at radius 2 is 0.933 bits per heavy atom. The number of fused-ring (bicyclic) bond motifs is 20. The van der Waals surface area contributed by atoms with Crippen molar-refractivity contribution >= 4 is 125 Å². The van der Waals surface area contributed by atoms with Gasteiger partial charge in [-0.2, -0.15) is 4.98 Å². The van der Waals surface area contributed by atoms with Crippen molar-refractivity contribution in [3.63, 3.8) is 0 Å². The predicted octanol–water partition coefficient (Wildman–Crippen LogP) is 14.0. The van der Waals surface area contributed by atoms with Crippen molar-refractivity contribution in [1.29, 1.82) is 0 Å². The minimum Gasteiger partial charge on any atom is -0.450 e. The first kappa shape index (κ1) is 30.9. The SMILES string of the molecule is c1ccc2c(c1)ccc1c2c2ccccc2n1-c1nc(-n2c3ccccc3c3c4c5c6ccccc6ccc5n5c6ccccc6c(cc32)c45)c2oc3ccccc3c2n1. The minimum atomic E-state index is 0.593. The third kappa shape index (κ3) is 3.66. The van der Waals surface area contributed by atoms with Crippen molar-refractivity contribution < 1.29 is 4.42 Å². The van der Waals surface area contributed by atoms with Gasteiger partial charge in [0.05, 0.1) is 38.6 Å². The average Bonchev–Trinajstić information content (AvgIpc) is 4.10. The molecule has 9 aromatic carbocycles. The highest BCUT2D eigenvalue weighted by molar-refractivity contribution is 6.39. The summed E-state index contributed by atoms with van der Waals surface area (Å²) in [7, 11) is 0. The lowest BCUT2D eigenvalue weighted by Crippen LogP contribution is -2.06. The van der Waals surface area contributed by atoms with Crippen LogP contribution in [0.25, 0.3) is 137 Å². The first-order valence-corrected chi connectivity index (χ1v) is 20.4. The highest BCUT2D eigenvalue weighted by Crippen LogP contribution is 2.49. The molecule has 6 aromatic heterocycles. The highest BCUT2D eigenvalue weighted by atomic mass is 16.3. The van der Waals surface area contributed by atoms with Gasteiger partial charge in [-0.3, -0.25) is 9.13 Å². The molecule has 0 unspecified atom stereocenters. The van der Waals surface area contributed by atoms with E-state index in [9.17, 15) is 0 Å². The summed E-state index contributed by atoms with van der Waals surface area (Å²) in [5, 5.41) is 15.5. The maximum Gasteiger partial charge on any atom is 0.237 e. The van der Waals surface area contributed by atoms with E-state index in [1.165, 1.54) is 70.4 Å². The van der Waals surface area contributed by atoms with E-state index in [4.69, 9.17) is 14.4 Å². The van der Waals surface area contributed by atoms with Gasteiger partial charge in [-0.1, -0.05) is 127 Å². The maximum atomic E-state index is 6.87. The summed E-state index contributed by atoms with van der Waals surface area (Å²) in [4.78, 5) is 11.1. The van der Waals surface area contributed by atoms with Crippen LogP contribution in [-0.2, 0) is 0 Å². The number of furan rings is 1. The molecule has 0 aliphatic rings. The first-order chi connectivity index (χ1) is 29.8. The fourth-order valence-corrected chi connectivity index (χ4v) is 10.8. The van der Waals surface area contributed by atoms with Crippen LogP contribution in [0, 0.1) is 0 Å². The molecule has 60 heavy (non-hydrogen) atoms. The van der Waals surface area contributed by atoms with Crippen LogP contribution in [0.5, 0.6) is 0 Å². The van der Waals surface area contributed by atoms with E-state index < -0.39 is 0 Å². The molecule has 6 heterocycles. The molecule has 6 nitrogen and oxygen atoms in total. The Kier molecular flexibility index (Phi) is 5.57. The molecule has 0 amide bonds. The zero-order valence-electron chi connectivity index (χ0n) is 31.9. The Bertz CT molecular complexity index is 4370. The Hall–Kier alpha value is -8.22. The van der Waals surface area contributed by atoms with Gasteiger partial charge in [0, 0.05) is 48.5 Å². The summed E-state index contributed by atoms with van der Waals surface area (Å²) < 4.78 is 13.9. The van der Waals surface area contributed by atoms with Gasteiger partial charge in [-0.05, 0) is 70.1 Å². The van der Waals surface area contributed by atoms with Gasteiger partial charge in [0.25, 0.3) is 0 Å². The third-order valence-electron chi connectivity index (χ3n) is 13.2. The second kappa shape index (κ2) is 10.8. The zero-order chi connectivity index (χ0) is 38.8.